The Balaban J connectivity index is 4.08. The van der Waals surface area contributed by atoms with Gasteiger partial charge in [0.1, 0.15) is 6.61 Å². The highest BCUT2D eigenvalue weighted by Crippen LogP contribution is 2.17. The highest BCUT2D eigenvalue weighted by atomic mass is 16.9. The minimum atomic E-state index is -1.21. The van der Waals surface area contributed by atoms with Gasteiger partial charge in [0.15, 0.2) is 0 Å². The van der Waals surface area contributed by atoms with Crippen LogP contribution in [0.4, 0.5) is 0 Å². The van der Waals surface area contributed by atoms with Crippen LogP contribution >= 0.6 is 0 Å². The van der Waals surface area contributed by atoms with Crippen LogP contribution < -0.4 is 0 Å². The van der Waals surface area contributed by atoms with E-state index < -0.39 is 11.9 Å². The molecule has 0 N–H and O–H groups in total. The Morgan fingerprint density at radius 2 is 1.78 bits per heavy atom. The van der Waals surface area contributed by atoms with Crippen molar-refractivity contribution in [1.82, 2.24) is 0 Å². The molecule has 0 aromatic heterocycles. The Morgan fingerprint density at radius 1 is 1.17 bits per heavy atom. The number of carbonyl (C=O) groups excluding carboxylic acids is 1. The van der Waals surface area contributed by atoms with E-state index in [0.717, 1.165) is 0 Å². The van der Waals surface area contributed by atoms with Crippen molar-refractivity contribution in [3.05, 3.63) is 24.5 Å². The summed E-state index contributed by atoms with van der Waals surface area (Å²) in [7, 11) is 0. The van der Waals surface area contributed by atoms with Gasteiger partial charge in [0, 0.05) is 12.5 Å². The number of rotatable bonds is 9. The summed E-state index contributed by atoms with van der Waals surface area (Å²) >= 11 is 0. The Kier molecular flexibility index (Phi) is 7.31. The van der Waals surface area contributed by atoms with Gasteiger partial charge in [-0.25, -0.2) is 4.79 Å². The summed E-state index contributed by atoms with van der Waals surface area (Å²) in [6.45, 7) is 14.5. The molecule has 104 valence electrons. The van der Waals surface area contributed by atoms with Gasteiger partial charge in [0.05, 0.1) is 19.0 Å². The van der Waals surface area contributed by atoms with Gasteiger partial charge in [0.2, 0.25) is 0 Å². The van der Waals surface area contributed by atoms with Gasteiger partial charge in [-0.15, -0.1) is 0 Å². The Bertz CT molecular complexity index is 311. The lowest BCUT2D eigenvalue weighted by Crippen LogP contribution is -2.36. The second-order valence-corrected chi connectivity index (χ2v) is 3.86. The fourth-order valence-electron chi connectivity index (χ4n) is 1.16. The first-order valence-corrected chi connectivity index (χ1v) is 5.75. The zero-order chi connectivity index (χ0) is 14.2. The SMILES string of the molecule is C=C(C)OC(C)(OCC)OCCOC(=O)C(=C)C. The molecule has 0 aliphatic carbocycles. The lowest BCUT2D eigenvalue weighted by atomic mass is 10.4. The highest BCUT2D eigenvalue weighted by Gasteiger charge is 2.27. The molecule has 0 bridgehead atoms. The molecule has 5 heteroatoms. The van der Waals surface area contributed by atoms with Gasteiger partial charge >= 0.3 is 11.9 Å². The minimum Gasteiger partial charge on any atom is -0.460 e. The Morgan fingerprint density at radius 3 is 2.22 bits per heavy atom. The summed E-state index contributed by atoms with van der Waals surface area (Å²) in [4.78, 5) is 11.1. The first kappa shape index (κ1) is 16.7. The van der Waals surface area contributed by atoms with Crippen LogP contribution in [0.15, 0.2) is 24.5 Å². The summed E-state index contributed by atoms with van der Waals surface area (Å²) in [6, 6.07) is 0. The predicted octanol–water partition coefficient (Wildman–Crippen LogP) is 2.38. The van der Waals surface area contributed by atoms with Crippen molar-refractivity contribution in [2.45, 2.75) is 33.7 Å². The number of esters is 1. The van der Waals surface area contributed by atoms with Gasteiger partial charge in [-0.2, -0.15) is 0 Å². The standard InChI is InChI=1S/C13H22O5/c1-7-16-13(6,18-11(4)5)17-9-8-15-12(14)10(2)3/h2,4,7-9H2,1,3,5-6H3. The lowest BCUT2D eigenvalue weighted by molar-refractivity contribution is -0.355. The second-order valence-electron chi connectivity index (χ2n) is 3.86. The fraction of sp³-hybridized carbons (Fsp3) is 0.615. The minimum absolute atomic E-state index is 0.105. The number of hydrogen-bond acceptors (Lipinski definition) is 5. The van der Waals surface area contributed by atoms with Crippen LogP contribution in [0.5, 0.6) is 0 Å². The number of allylic oxidation sites excluding steroid dienone is 1. The predicted molar refractivity (Wildman–Crippen MR) is 67.7 cm³/mol. The second kappa shape index (κ2) is 7.89. The van der Waals surface area contributed by atoms with Gasteiger partial charge < -0.3 is 18.9 Å². The molecular weight excluding hydrogens is 236 g/mol. The third-order valence-corrected chi connectivity index (χ3v) is 1.80. The maximum absolute atomic E-state index is 11.1. The number of ether oxygens (including phenoxy) is 4. The average Bonchev–Trinajstić information content (AvgIpc) is 2.23. The van der Waals surface area contributed by atoms with Crippen LogP contribution in [0.1, 0.15) is 27.7 Å². The van der Waals surface area contributed by atoms with E-state index in [1.807, 2.05) is 6.92 Å². The molecule has 18 heavy (non-hydrogen) atoms. The average molecular weight is 258 g/mol. The van der Waals surface area contributed by atoms with E-state index in [1.54, 1.807) is 20.8 Å². The fourth-order valence-corrected chi connectivity index (χ4v) is 1.16. The number of carbonyl (C=O) groups is 1. The number of hydrogen-bond donors (Lipinski definition) is 0. The molecule has 0 fully saturated rings. The lowest BCUT2D eigenvalue weighted by Gasteiger charge is -2.29. The van der Waals surface area contributed by atoms with Crippen LogP contribution in [0.25, 0.3) is 0 Å². The first-order chi connectivity index (χ1) is 8.30. The molecule has 1 atom stereocenters. The van der Waals surface area contributed by atoms with Crippen LogP contribution in [0.2, 0.25) is 0 Å². The zero-order valence-corrected chi connectivity index (χ0v) is 11.6. The molecule has 0 saturated carbocycles. The van der Waals surface area contributed by atoms with Crippen molar-refractivity contribution in [3.63, 3.8) is 0 Å². The van der Waals surface area contributed by atoms with Gasteiger partial charge in [-0.05, 0) is 20.8 Å². The van der Waals surface area contributed by atoms with E-state index in [9.17, 15) is 4.79 Å². The highest BCUT2D eigenvalue weighted by molar-refractivity contribution is 5.86. The van der Waals surface area contributed by atoms with E-state index >= 15 is 0 Å². The van der Waals surface area contributed by atoms with Gasteiger partial charge in [-0.1, -0.05) is 13.2 Å². The van der Waals surface area contributed by atoms with Crippen molar-refractivity contribution in [3.8, 4) is 0 Å². The molecule has 0 rings (SSSR count). The van der Waals surface area contributed by atoms with E-state index in [0.29, 0.717) is 17.9 Å². The molecule has 0 aromatic carbocycles. The van der Waals surface area contributed by atoms with Crippen LogP contribution in [-0.2, 0) is 23.7 Å². The summed E-state index contributed by atoms with van der Waals surface area (Å²) in [5.41, 5.74) is 0.348. The van der Waals surface area contributed by atoms with Crippen LogP contribution in [0, 0.1) is 0 Å². The third kappa shape index (κ3) is 7.09. The van der Waals surface area contributed by atoms with Crippen LogP contribution in [-0.4, -0.2) is 31.8 Å². The zero-order valence-electron chi connectivity index (χ0n) is 11.6. The molecule has 0 aliphatic heterocycles. The maximum Gasteiger partial charge on any atom is 0.333 e. The molecule has 0 heterocycles. The van der Waals surface area contributed by atoms with Crippen LogP contribution in [0.3, 0.4) is 0 Å². The molecule has 0 amide bonds. The Labute approximate surface area is 108 Å². The van der Waals surface area contributed by atoms with Crippen molar-refractivity contribution < 1.29 is 23.7 Å². The molecule has 5 nitrogen and oxygen atoms in total. The quantitative estimate of drug-likeness (QED) is 0.209. The Hall–Kier alpha value is -1.33. The van der Waals surface area contributed by atoms with Crippen molar-refractivity contribution >= 4 is 5.97 Å². The molecule has 0 aliphatic rings. The molecule has 0 spiro atoms. The molecule has 0 radical (unpaired) electrons. The molecular formula is C13H22O5. The summed E-state index contributed by atoms with van der Waals surface area (Å²) in [6.07, 6.45) is 0. The van der Waals surface area contributed by atoms with E-state index in [4.69, 9.17) is 18.9 Å². The third-order valence-electron chi connectivity index (χ3n) is 1.80. The van der Waals surface area contributed by atoms with Gasteiger partial charge in [-0.3, -0.25) is 0 Å². The largest absolute Gasteiger partial charge is 0.460 e. The summed E-state index contributed by atoms with van der Waals surface area (Å²) in [5.74, 6) is -1.18. The monoisotopic (exact) mass is 258 g/mol. The topological polar surface area (TPSA) is 54.0 Å². The molecule has 1 unspecified atom stereocenters. The normalized spacial score (nSPS) is 13.6. The maximum atomic E-state index is 11.1. The van der Waals surface area contributed by atoms with Crippen molar-refractivity contribution in [2.24, 2.45) is 0 Å². The van der Waals surface area contributed by atoms with E-state index in [-0.39, 0.29) is 13.2 Å². The smallest absolute Gasteiger partial charge is 0.333 e. The van der Waals surface area contributed by atoms with Gasteiger partial charge in [0.25, 0.3) is 0 Å². The van der Waals surface area contributed by atoms with E-state index in [1.165, 1.54) is 0 Å². The summed E-state index contributed by atoms with van der Waals surface area (Å²) < 4.78 is 21.0. The first-order valence-electron chi connectivity index (χ1n) is 5.75. The van der Waals surface area contributed by atoms with E-state index in [2.05, 4.69) is 13.2 Å². The summed E-state index contributed by atoms with van der Waals surface area (Å²) in [5, 5.41) is 0. The molecule has 0 saturated heterocycles. The van der Waals surface area contributed by atoms with Crippen molar-refractivity contribution in [2.75, 3.05) is 19.8 Å². The van der Waals surface area contributed by atoms with Crippen molar-refractivity contribution in [1.29, 1.82) is 0 Å². The molecule has 0 aromatic rings.